The average molecular weight is 558 g/mol. The summed E-state index contributed by atoms with van der Waals surface area (Å²) in [5.41, 5.74) is 1.90. The molecule has 3 aromatic rings. The minimum absolute atomic E-state index is 0.0435. The summed E-state index contributed by atoms with van der Waals surface area (Å²) in [6.07, 6.45) is 0. The summed E-state index contributed by atoms with van der Waals surface area (Å²) in [5.74, 6) is -0.286. The summed E-state index contributed by atoms with van der Waals surface area (Å²) in [6.45, 7) is 5.21. The number of anilines is 1. The lowest BCUT2D eigenvalue weighted by molar-refractivity contribution is -0.139. The van der Waals surface area contributed by atoms with Crippen LogP contribution in [0.5, 0.6) is 5.75 Å². The molecule has 1 atom stereocenters. The van der Waals surface area contributed by atoms with E-state index in [4.69, 9.17) is 16.3 Å². The van der Waals surface area contributed by atoms with Gasteiger partial charge in [0.15, 0.2) is 0 Å². The summed E-state index contributed by atoms with van der Waals surface area (Å²) < 4.78 is 33.9. The highest BCUT2D eigenvalue weighted by molar-refractivity contribution is 7.92. The van der Waals surface area contributed by atoms with Crippen LogP contribution in [0.3, 0.4) is 0 Å². The topological polar surface area (TPSA) is 96.0 Å². The van der Waals surface area contributed by atoms with Crippen LogP contribution in [0.2, 0.25) is 5.02 Å². The van der Waals surface area contributed by atoms with Gasteiger partial charge in [0.25, 0.3) is 10.0 Å². The number of halogens is 1. The molecule has 0 aliphatic rings. The number of benzene rings is 3. The Kier molecular flexibility index (Phi) is 9.77. The normalized spacial score (nSPS) is 11.9. The zero-order valence-electron chi connectivity index (χ0n) is 21.8. The number of methoxy groups -OCH3 is 1. The highest BCUT2D eigenvalue weighted by atomic mass is 35.5. The molecule has 2 amide bonds. The second kappa shape index (κ2) is 12.8. The number of sulfonamides is 1. The van der Waals surface area contributed by atoms with Crippen molar-refractivity contribution in [2.45, 2.75) is 38.3 Å². The van der Waals surface area contributed by atoms with E-state index in [-0.39, 0.29) is 23.0 Å². The first-order chi connectivity index (χ1) is 18.1. The molecule has 10 heteroatoms. The average Bonchev–Trinajstić information content (AvgIpc) is 2.91. The molecule has 0 aliphatic carbocycles. The van der Waals surface area contributed by atoms with Gasteiger partial charge in [-0.25, -0.2) is 8.42 Å². The largest absolute Gasteiger partial charge is 0.497 e. The number of carbonyl (C=O) groups is 2. The second-order valence-corrected chi connectivity index (χ2v) is 11.0. The van der Waals surface area contributed by atoms with E-state index in [9.17, 15) is 18.0 Å². The molecule has 0 aliphatic heterocycles. The summed E-state index contributed by atoms with van der Waals surface area (Å²) in [7, 11) is -2.59. The Bertz CT molecular complexity index is 1360. The number of nitrogens with one attached hydrogen (secondary N) is 1. The van der Waals surface area contributed by atoms with Gasteiger partial charge in [-0.2, -0.15) is 0 Å². The van der Waals surface area contributed by atoms with E-state index < -0.39 is 28.5 Å². The molecule has 3 rings (SSSR count). The Hall–Kier alpha value is -3.56. The minimum atomic E-state index is -4.13. The van der Waals surface area contributed by atoms with Gasteiger partial charge in [0.2, 0.25) is 11.8 Å². The molecule has 0 aromatic heterocycles. The van der Waals surface area contributed by atoms with Gasteiger partial charge < -0.3 is 15.0 Å². The summed E-state index contributed by atoms with van der Waals surface area (Å²) in [6, 6.07) is 18.9. The third-order valence-electron chi connectivity index (χ3n) is 6.01. The lowest BCUT2D eigenvalue weighted by atomic mass is 10.1. The van der Waals surface area contributed by atoms with Crippen molar-refractivity contribution in [1.82, 2.24) is 10.2 Å². The monoisotopic (exact) mass is 557 g/mol. The fraction of sp³-hybridized carbons (Fsp3) is 0.286. The first kappa shape index (κ1) is 29.0. The lowest BCUT2D eigenvalue weighted by Gasteiger charge is -2.32. The number of nitrogens with zero attached hydrogens (tertiary/aromatic N) is 2. The first-order valence-electron chi connectivity index (χ1n) is 12.1. The number of rotatable bonds is 11. The lowest BCUT2D eigenvalue weighted by Crippen LogP contribution is -2.51. The van der Waals surface area contributed by atoms with Crippen LogP contribution in [-0.2, 0) is 26.2 Å². The maximum absolute atomic E-state index is 13.8. The van der Waals surface area contributed by atoms with Crippen LogP contribution < -0.4 is 14.4 Å². The highest BCUT2D eigenvalue weighted by Gasteiger charge is 2.32. The minimum Gasteiger partial charge on any atom is -0.497 e. The molecular formula is C28H32ClN3O5S. The molecule has 0 spiro atoms. The van der Waals surface area contributed by atoms with Gasteiger partial charge in [0.05, 0.1) is 17.7 Å². The zero-order valence-corrected chi connectivity index (χ0v) is 23.4. The number of hydrogen-bond acceptors (Lipinski definition) is 5. The van der Waals surface area contributed by atoms with Crippen molar-refractivity contribution in [2.24, 2.45) is 0 Å². The molecule has 0 radical (unpaired) electrons. The van der Waals surface area contributed by atoms with Crippen molar-refractivity contribution in [3.05, 3.63) is 88.9 Å². The van der Waals surface area contributed by atoms with Crippen molar-refractivity contribution in [3.8, 4) is 5.75 Å². The van der Waals surface area contributed by atoms with Gasteiger partial charge in [0, 0.05) is 18.1 Å². The van der Waals surface area contributed by atoms with Gasteiger partial charge in [-0.3, -0.25) is 13.9 Å². The van der Waals surface area contributed by atoms with E-state index in [0.717, 1.165) is 15.4 Å². The first-order valence-corrected chi connectivity index (χ1v) is 13.9. The summed E-state index contributed by atoms with van der Waals surface area (Å²) >= 11 is 6.04. The maximum Gasteiger partial charge on any atom is 0.264 e. The van der Waals surface area contributed by atoms with E-state index in [1.165, 1.54) is 17.0 Å². The van der Waals surface area contributed by atoms with Crippen LogP contribution in [0.15, 0.2) is 77.7 Å². The third-order valence-corrected chi connectivity index (χ3v) is 8.05. The molecule has 202 valence electrons. The predicted molar refractivity (Wildman–Crippen MR) is 149 cm³/mol. The SMILES string of the molecule is CCNC(=O)C(C)N(Cc1cccc(OC)c1)C(=O)CN(c1ccc(Cl)cc1)S(=O)(=O)c1ccc(C)cc1. The standard InChI is InChI=1S/C28H32ClN3O5S/c1-5-30-28(34)21(3)31(18-22-7-6-8-25(17-22)37-4)27(33)19-32(24-13-11-23(29)12-14-24)38(35,36)26-15-9-20(2)10-16-26/h6-17,21H,5,18-19H2,1-4H3,(H,30,34). The molecule has 0 saturated heterocycles. The number of amides is 2. The molecule has 3 aromatic carbocycles. The number of hydrogen-bond donors (Lipinski definition) is 1. The van der Waals surface area contributed by atoms with Crippen molar-refractivity contribution in [1.29, 1.82) is 0 Å². The van der Waals surface area contributed by atoms with Crippen molar-refractivity contribution in [3.63, 3.8) is 0 Å². The number of likely N-dealkylation sites (N-methyl/N-ethyl adjacent to an activating group) is 1. The van der Waals surface area contributed by atoms with Crippen molar-refractivity contribution >= 4 is 39.1 Å². The Morgan fingerprint density at radius 3 is 2.29 bits per heavy atom. The van der Waals surface area contributed by atoms with E-state index in [0.29, 0.717) is 17.3 Å². The fourth-order valence-corrected chi connectivity index (χ4v) is 5.39. The van der Waals surface area contributed by atoms with E-state index in [2.05, 4.69) is 5.32 Å². The Balaban J connectivity index is 2.02. The van der Waals surface area contributed by atoms with Gasteiger partial charge in [-0.05, 0) is 74.9 Å². The summed E-state index contributed by atoms with van der Waals surface area (Å²) in [5, 5.41) is 3.17. The second-order valence-electron chi connectivity index (χ2n) is 8.74. The maximum atomic E-state index is 13.8. The quantitative estimate of drug-likeness (QED) is 0.377. The van der Waals surface area contributed by atoms with E-state index in [1.54, 1.807) is 75.6 Å². The Morgan fingerprint density at radius 1 is 1.03 bits per heavy atom. The van der Waals surface area contributed by atoms with Crippen LogP contribution in [0.4, 0.5) is 5.69 Å². The smallest absolute Gasteiger partial charge is 0.264 e. The van der Waals surface area contributed by atoms with Crippen LogP contribution in [0, 0.1) is 6.92 Å². The molecule has 8 nitrogen and oxygen atoms in total. The molecule has 0 fully saturated rings. The number of carbonyl (C=O) groups excluding carboxylic acids is 2. The molecule has 0 saturated carbocycles. The van der Waals surface area contributed by atoms with Gasteiger partial charge in [0.1, 0.15) is 18.3 Å². The zero-order chi connectivity index (χ0) is 27.9. The van der Waals surface area contributed by atoms with Gasteiger partial charge in [-0.1, -0.05) is 41.4 Å². The number of aryl methyl sites for hydroxylation is 1. The van der Waals surface area contributed by atoms with Crippen LogP contribution >= 0.6 is 11.6 Å². The Labute approximate surface area is 229 Å². The predicted octanol–water partition coefficient (Wildman–Crippen LogP) is 4.41. The highest BCUT2D eigenvalue weighted by Crippen LogP contribution is 2.26. The fourth-order valence-electron chi connectivity index (χ4n) is 3.85. The number of ether oxygens (including phenoxy) is 1. The molecule has 1 N–H and O–H groups in total. The van der Waals surface area contributed by atoms with Gasteiger partial charge in [-0.15, -0.1) is 0 Å². The Morgan fingerprint density at radius 2 is 1.68 bits per heavy atom. The molecular weight excluding hydrogens is 526 g/mol. The van der Waals surface area contributed by atoms with Crippen LogP contribution in [0.1, 0.15) is 25.0 Å². The van der Waals surface area contributed by atoms with Crippen LogP contribution in [-0.4, -0.2) is 51.4 Å². The van der Waals surface area contributed by atoms with E-state index >= 15 is 0 Å². The molecule has 0 heterocycles. The molecule has 0 bridgehead atoms. The third kappa shape index (κ3) is 7.05. The summed E-state index contributed by atoms with van der Waals surface area (Å²) in [4.78, 5) is 28.0. The molecule has 1 unspecified atom stereocenters. The van der Waals surface area contributed by atoms with Crippen molar-refractivity contribution in [2.75, 3.05) is 24.5 Å². The van der Waals surface area contributed by atoms with Crippen molar-refractivity contribution < 1.29 is 22.7 Å². The van der Waals surface area contributed by atoms with Gasteiger partial charge >= 0.3 is 0 Å². The van der Waals surface area contributed by atoms with E-state index in [1.807, 2.05) is 13.0 Å². The molecule has 38 heavy (non-hydrogen) atoms. The van der Waals surface area contributed by atoms with Crippen LogP contribution in [0.25, 0.3) is 0 Å².